The van der Waals surface area contributed by atoms with Crippen LogP contribution in [-0.4, -0.2) is 31.1 Å². The van der Waals surface area contributed by atoms with E-state index in [1.807, 2.05) is 0 Å². The molecule has 0 unspecified atom stereocenters. The fourth-order valence-corrected chi connectivity index (χ4v) is 5.14. The third-order valence-corrected chi connectivity index (χ3v) is 6.97. The lowest BCUT2D eigenvalue weighted by Gasteiger charge is -2.12. The molecule has 0 aliphatic rings. The molecule has 190 valence electrons. The van der Waals surface area contributed by atoms with Gasteiger partial charge in [0, 0.05) is 16.1 Å². The molecule has 0 fully saturated rings. The summed E-state index contributed by atoms with van der Waals surface area (Å²) in [5.41, 5.74) is 0.381. The predicted octanol–water partition coefficient (Wildman–Crippen LogP) is 6.68. The monoisotopic (exact) mass is 539 g/mol. The Labute approximate surface area is 218 Å². The van der Waals surface area contributed by atoms with Gasteiger partial charge in [-0.1, -0.05) is 42.8 Å². The van der Waals surface area contributed by atoms with Crippen molar-refractivity contribution in [3.63, 3.8) is 0 Å². The van der Waals surface area contributed by atoms with Crippen molar-refractivity contribution >= 4 is 55.5 Å². The van der Waals surface area contributed by atoms with Gasteiger partial charge < -0.3 is 15.2 Å². The Morgan fingerprint density at radius 3 is 2.41 bits per heavy atom. The first kappa shape index (κ1) is 26.1. The molecule has 0 saturated heterocycles. The minimum Gasteiger partial charge on any atom is -0.505 e. The third kappa shape index (κ3) is 5.41. The van der Waals surface area contributed by atoms with E-state index in [2.05, 4.69) is 15.5 Å². The molecule has 0 aliphatic carbocycles. The van der Waals surface area contributed by atoms with Crippen molar-refractivity contribution in [2.24, 2.45) is 10.2 Å². The van der Waals surface area contributed by atoms with Crippen molar-refractivity contribution in [2.45, 2.75) is 18.2 Å². The Hall–Kier alpha value is -3.99. The number of azo groups is 1. The molecule has 0 radical (unpaired) electrons. The Morgan fingerprint density at radius 1 is 1.05 bits per heavy atom. The predicted molar refractivity (Wildman–Crippen MR) is 141 cm³/mol. The van der Waals surface area contributed by atoms with E-state index < -0.39 is 26.7 Å². The van der Waals surface area contributed by atoms with Crippen LogP contribution in [0.1, 0.15) is 22.8 Å². The van der Waals surface area contributed by atoms with Crippen LogP contribution in [0, 0.1) is 0 Å². The number of phenols is 1. The van der Waals surface area contributed by atoms with Crippen molar-refractivity contribution in [1.29, 1.82) is 0 Å². The summed E-state index contributed by atoms with van der Waals surface area (Å²) in [4.78, 5) is 12.6. The number of aromatic hydroxyl groups is 1. The third-order valence-electron chi connectivity index (χ3n) is 5.64. The minimum atomic E-state index is -4.69. The SMILES string of the molecule is CCc1c(Cl)ccc(N=Nc2c(O)c(C(=O)Nc3ccc(OC)cc3)cc3ccccc23)c1S(=O)(=O)O. The maximum Gasteiger partial charge on any atom is 0.297 e. The number of carbonyl (C=O) groups is 1. The molecule has 0 heterocycles. The molecular weight excluding hydrogens is 518 g/mol. The molecule has 4 rings (SSSR count). The van der Waals surface area contributed by atoms with Crippen molar-refractivity contribution in [2.75, 3.05) is 12.4 Å². The van der Waals surface area contributed by atoms with Gasteiger partial charge in [-0.2, -0.15) is 8.42 Å². The largest absolute Gasteiger partial charge is 0.505 e. The maximum atomic E-state index is 13.1. The van der Waals surface area contributed by atoms with Gasteiger partial charge >= 0.3 is 0 Å². The van der Waals surface area contributed by atoms with Gasteiger partial charge in [0.05, 0.1) is 12.7 Å². The van der Waals surface area contributed by atoms with Gasteiger partial charge in [-0.15, -0.1) is 10.2 Å². The number of halogens is 1. The smallest absolute Gasteiger partial charge is 0.297 e. The van der Waals surface area contributed by atoms with Crippen molar-refractivity contribution in [3.8, 4) is 11.5 Å². The number of anilines is 1. The number of benzene rings is 4. The van der Waals surface area contributed by atoms with Crippen LogP contribution in [-0.2, 0) is 16.5 Å². The highest BCUT2D eigenvalue weighted by Crippen LogP contribution is 2.41. The summed E-state index contributed by atoms with van der Waals surface area (Å²) in [6.07, 6.45) is 0.215. The second-order valence-electron chi connectivity index (χ2n) is 7.93. The minimum absolute atomic E-state index is 0.0488. The van der Waals surface area contributed by atoms with Crippen molar-refractivity contribution in [3.05, 3.63) is 82.9 Å². The number of fused-ring (bicyclic) bond motifs is 1. The summed E-state index contributed by atoms with van der Waals surface area (Å²) in [5.74, 6) is -0.429. The van der Waals surface area contributed by atoms with Crippen LogP contribution in [0.25, 0.3) is 10.8 Å². The molecule has 37 heavy (non-hydrogen) atoms. The molecule has 0 bridgehead atoms. The van der Waals surface area contributed by atoms with Gasteiger partial charge in [0.15, 0.2) is 5.75 Å². The zero-order valence-electron chi connectivity index (χ0n) is 19.8. The number of ether oxygens (including phenoxy) is 1. The van der Waals surface area contributed by atoms with Crippen molar-refractivity contribution in [1.82, 2.24) is 0 Å². The molecule has 0 aliphatic heterocycles. The average Bonchev–Trinajstić information content (AvgIpc) is 2.88. The lowest BCUT2D eigenvalue weighted by molar-refractivity contribution is 0.102. The first-order valence-corrected chi connectivity index (χ1v) is 12.9. The molecule has 4 aromatic rings. The van der Waals surface area contributed by atoms with Gasteiger partial charge in [0.1, 0.15) is 22.0 Å². The first-order chi connectivity index (χ1) is 17.6. The molecule has 0 aromatic heterocycles. The van der Waals surface area contributed by atoms with E-state index in [1.54, 1.807) is 55.5 Å². The number of hydrogen-bond donors (Lipinski definition) is 3. The summed E-state index contributed by atoms with van der Waals surface area (Å²) < 4.78 is 39.2. The number of carbonyl (C=O) groups excluding carboxylic acids is 1. The highest BCUT2D eigenvalue weighted by atomic mass is 35.5. The van der Waals surface area contributed by atoms with Gasteiger partial charge in [-0.3, -0.25) is 9.35 Å². The fourth-order valence-electron chi connectivity index (χ4n) is 3.86. The van der Waals surface area contributed by atoms with Gasteiger partial charge in [-0.25, -0.2) is 0 Å². The van der Waals surface area contributed by atoms with Crippen LogP contribution in [0.5, 0.6) is 11.5 Å². The molecule has 11 heteroatoms. The van der Waals surface area contributed by atoms with Gasteiger partial charge in [0.2, 0.25) is 0 Å². The zero-order chi connectivity index (χ0) is 26.7. The van der Waals surface area contributed by atoms with E-state index in [4.69, 9.17) is 16.3 Å². The van der Waals surface area contributed by atoms with Gasteiger partial charge in [0.25, 0.3) is 16.0 Å². The standard InChI is InChI=1S/C26H22ClN3O6S/c1-3-18-21(27)12-13-22(25(18)37(33,34)35)29-30-23-19-7-5-4-6-15(19)14-20(24(23)31)26(32)28-16-8-10-17(36-2)11-9-16/h4-14,31H,3H2,1-2H3,(H,28,32)(H,33,34,35). The molecule has 0 atom stereocenters. The first-order valence-electron chi connectivity index (χ1n) is 11.0. The fraction of sp³-hybridized carbons (Fsp3) is 0.115. The normalized spacial score (nSPS) is 11.7. The number of phenolic OH excluding ortho intramolecular Hbond substituents is 1. The van der Waals surface area contributed by atoms with E-state index in [0.29, 0.717) is 22.2 Å². The Balaban J connectivity index is 1.82. The maximum absolute atomic E-state index is 13.1. The second kappa shape index (κ2) is 10.6. The molecule has 3 N–H and O–H groups in total. The van der Waals surface area contributed by atoms with Crippen LogP contribution >= 0.6 is 11.6 Å². The van der Waals surface area contributed by atoms with E-state index in [-0.39, 0.29) is 33.9 Å². The number of nitrogens with one attached hydrogen (secondary N) is 1. The summed E-state index contributed by atoms with van der Waals surface area (Å²) in [7, 11) is -3.16. The number of rotatable bonds is 7. The molecule has 1 amide bonds. The topological polar surface area (TPSA) is 138 Å². The van der Waals surface area contributed by atoms with E-state index >= 15 is 0 Å². The highest BCUT2D eigenvalue weighted by molar-refractivity contribution is 7.86. The number of amides is 1. The zero-order valence-corrected chi connectivity index (χ0v) is 21.3. The lowest BCUT2D eigenvalue weighted by atomic mass is 10.0. The van der Waals surface area contributed by atoms with Crippen LogP contribution in [0.2, 0.25) is 5.02 Å². The van der Waals surface area contributed by atoms with E-state index in [0.717, 1.165) is 0 Å². The number of hydrogen-bond acceptors (Lipinski definition) is 7. The van der Waals surface area contributed by atoms with Gasteiger partial charge in [-0.05, 0) is 59.8 Å². The van der Waals surface area contributed by atoms with Crippen LogP contribution in [0.4, 0.5) is 17.1 Å². The van der Waals surface area contributed by atoms with Crippen molar-refractivity contribution < 1.29 is 27.6 Å². The number of nitrogens with zero attached hydrogens (tertiary/aromatic N) is 2. The summed E-state index contributed by atoms with van der Waals surface area (Å²) in [6, 6.07) is 17.8. The summed E-state index contributed by atoms with van der Waals surface area (Å²) in [5, 5.41) is 23.1. The quantitative estimate of drug-likeness (QED) is 0.177. The Kier molecular flexibility index (Phi) is 7.44. The Morgan fingerprint density at radius 2 is 1.76 bits per heavy atom. The molecule has 4 aromatic carbocycles. The van der Waals surface area contributed by atoms with E-state index in [9.17, 15) is 22.9 Å². The molecular formula is C26H22ClN3O6S. The molecule has 9 nitrogen and oxygen atoms in total. The number of methoxy groups -OCH3 is 1. The highest BCUT2D eigenvalue weighted by Gasteiger charge is 2.23. The second-order valence-corrected chi connectivity index (χ2v) is 9.69. The molecule has 0 saturated carbocycles. The van der Waals surface area contributed by atoms with Crippen LogP contribution < -0.4 is 10.1 Å². The summed E-state index contributed by atoms with van der Waals surface area (Å²) >= 11 is 6.13. The van der Waals surface area contributed by atoms with E-state index in [1.165, 1.54) is 25.3 Å². The van der Waals surface area contributed by atoms with Crippen LogP contribution in [0.15, 0.2) is 81.9 Å². The Bertz CT molecular complexity index is 1640. The molecule has 0 spiro atoms. The van der Waals surface area contributed by atoms with Crippen LogP contribution in [0.3, 0.4) is 0 Å². The average molecular weight is 540 g/mol. The summed E-state index contributed by atoms with van der Waals surface area (Å²) in [6.45, 7) is 1.68. The lowest BCUT2D eigenvalue weighted by Crippen LogP contribution is -2.12.